The van der Waals surface area contributed by atoms with Crippen molar-refractivity contribution in [3.63, 3.8) is 0 Å². The van der Waals surface area contributed by atoms with E-state index in [1.807, 2.05) is 13.0 Å². The highest BCUT2D eigenvalue weighted by Gasteiger charge is 1.99. The maximum absolute atomic E-state index is 10.6. The second-order valence-corrected chi connectivity index (χ2v) is 3.71. The lowest BCUT2D eigenvalue weighted by Crippen LogP contribution is -2.22. The molecule has 16 heavy (non-hydrogen) atoms. The van der Waals surface area contributed by atoms with Gasteiger partial charge in [-0.25, -0.2) is 4.98 Å². The number of amides is 1. The van der Waals surface area contributed by atoms with Crippen molar-refractivity contribution < 1.29 is 4.79 Å². The molecule has 0 aliphatic carbocycles. The van der Waals surface area contributed by atoms with Gasteiger partial charge in [0.1, 0.15) is 5.82 Å². The number of carbonyl (C=O) groups excluding carboxylic acids is 1. The molecule has 1 amide bonds. The first-order chi connectivity index (χ1) is 7.59. The molecule has 88 valence electrons. The van der Waals surface area contributed by atoms with E-state index in [-0.39, 0.29) is 5.91 Å². The molecule has 0 fully saturated rings. The van der Waals surface area contributed by atoms with E-state index >= 15 is 0 Å². The smallest absolute Gasteiger partial charge is 0.216 e. The number of nitrogens with two attached hydrogens (primary N) is 1. The van der Waals surface area contributed by atoms with E-state index < -0.39 is 0 Å². The van der Waals surface area contributed by atoms with Crippen LogP contribution in [0, 0.1) is 6.92 Å². The molecule has 1 aromatic rings. The molecule has 1 heterocycles. The van der Waals surface area contributed by atoms with Gasteiger partial charge in [-0.1, -0.05) is 0 Å². The molecule has 5 heteroatoms. The summed E-state index contributed by atoms with van der Waals surface area (Å²) >= 11 is 0. The van der Waals surface area contributed by atoms with Crippen molar-refractivity contribution >= 4 is 17.4 Å². The third-order valence-electron chi connectivity index (χ3n) is 2.07. The predicted molar refractivity (Wildman–Crippen MR) is 65.2 cm³/mol. The molecule has 0 aliphatic heterocycles. The largest absolute Gasteiger partial charge is 0.396 e. The molecule has 0 unspecified atom stereocenters. The number of aryl methyl sites for hydroxylation is 1. The molecule has 0 saturated carbocycles. The van der Waals surface area contributed by atoms with Crippen molar-refractivity contribution in [1.82, 2.24) is 10.3 Å². The Hall–Kier alpha value is -1.78. The number of hydrogen-bond acceptors (Lipinski definition) is 4. The van der Waals surface area contributed by atoms with Crippen LogP contribution in [0.3, 0.4) is 0 Å². The second-order valence-electron chi connectivity index (χ2n) is 3.71. The average Bonchev–Trinajstić information content (AvgIpc) is 2.20. The average molecular weight is 222 g/mol. The van der Waals surface area contributed by atoms with Crippen LogP contribution >= 0.6 is 0 Å². The number of nitrogen functional groups attached to an aromatic ring is 1. The normalized spacial score (nSPS) is 9.88. The van der Waals surface area contributed by atoms with Gasteiger partial charge in [-0.2, -0.15) is 0 Å². The van der Waals surface area contributed by atoms with Crippen molar-refractivity contribution in [1.29, 1.82) is 0 Å². The van der Waals surface area contributed by atoms with E-state index in [4.69, 9.17) is 5.73 Å². The Morgan fingerprint density at radius 2 is 2.25 bits per heavy atom. The van der Waals surface area contributed by atoms with Gasteiger partial charge in [0.15, 0.2) is 0 Å². The number of nitrogens with one attached hydrogen (secondary N) is 2. The summed E-state index contributed by atoms with van der Waals surface area (Å²) in [5.74, 6) is 0.696. The van der Waals surface area contributed by atoms with Crippen LogP contribution in [-0.4, -0.2) is 24.0 Å². The van der Waals surface area contributed by atoms with E-state index in [2.05, 4.69) is 15.6 Å². The Labute approximate surface area is 95.4 Å². The van der Waals surface area contributed by atoms with Crippen LogP contribution in [0.1, 0.15) is 18.9 Å². The van der Waals surface area contributed by atoms with Gasteiger partial charge in [-0.05, 0) is 25.0 Å². The van der Waals surface area contributed by atoms with Gasteiger partial charge in [0.05, 0.1) is 5.69 Å². The fourth-order valence-corrected chi connectivity index (χ4v) is 1.30. The summed E-state index contributed by atoms with van der Waals surface area (Å²) in [6.07, 6.45) is 2.61. The first-order valence-corrected chi connectivity index (χ1v) is 5.30. The minimum absolute atomic E-state index is 0.00650. The van der Waals surface area contributed by atoms with Crippen LogP contribution in [0.5, 0.6) is 0 Å². The van der Waals surface area contributed by atoms with Gasteiger partial charge >= 0.3 is 0 Å². The highest BCUT2D eigenvalue weighted by molar-refractivity contribution is 5.72. The van der Waals surface area contributed by atoms with Crippen molar-refractivity contribution in [2.45, 2.75) is 20.3 Å². The number of anilines is 2. The van der Waals surface area contributed by atoms with E-state index in [1.165, 1.54) is 6.92 Å². The molecule has 0 aliphatic rings. The van der Waals surface area contributed by atoms with Gasteiger partial charge in [-0.15, -0.1) is 0 Å². The molecular weight excluding hydrogens is 204 g/mol. The molecule has 0 spiro atoms. The van der Waals surface area contributed by atoms with Gasteiger partial charge in [-0.3, -0.25) is 4.79 Å². The first-order valence-electron chi connectivity index (χ1n) is 5.30. The Bertz CT molecular complexity index is 365. The lowest BCUT2D eigenvalue weighted by Gasteiger charge is -2.08. The number of carbonyl (C=O) groups is 1. The fourth-order valence-electron chi connectivity index (χ4n) is 1.30. The molecule has 1 rings (SSSR count). The summed E-state index contributed by atoms with van der Waals surface area (Å²) in [7, 11) is 0. The van der Waals surface area contributed by atoms with Crippen molar-refractivity contribution in [3.05, 3.63) is 17.8 Å². The Morgan fingerprint density at radius 3 is 2.88 bits per heavy atom. The third kappa shape index (κ3) is 4.16. The van der Waals surface area contributed by atoms with Gasteiger partial charge in [0.2, 0.25) is 5.91 Å². The summed E-state index contributed by atoms with van der Waals surface area (Å²) in [6.45, 7) is 4.85. The van der Waals surface area contributed by atoms with E-state index in [0.717, 1.165) is 18.5 Å². The monoisotopic (exact) mass is 222 g/mol. The number of aromatic nitrogens is 1. The van der Waals surface area contributed by atoms with Crippen LogP contribution in [0.15, 0.2) is 12.3 Å². The van der Waals surface area contributed by atoms with Crippen LogP contribution in [0.25, 0.3) is 0 Å². The van der Waals surface area contributed by atoms with Crippen LogP contribution in [0.4, 0.5) is 11.5 Å². The molecule has 0 aromatic carbocycles. The molecule has 4 N–H and O–H groups in total. The van der Waals surface area contributed by atoms with Gasteiger partial charge in [0, 0.05) is 26.2 Å². The number of pyridine rings is 1. The standard InChI is InChI=1S/C11H18N4O/c1-8-6-10(12)11(15-7-8)14-5-3-4-13-9(2)16/h6-7H,3-5,12H2,1-2H3,(H,13,16)(H,14,15). The zero-order valence-corrected chi connectivity index (χ0v) is 9.71. The maximum atomic E-state index is 10.6. The van der Waals surface area contributed by atoms with Crippen LogP contribution in [0.2, 0.25) is 0 Å². The van der Waals surface area contributed by atoms with Gasteiger partial charge < -0.3 is 16.4 Å². The van der Waals surface area contributed by atoms with E-state index in [0.29, 0.717) is 18.1 Å². The zero-order chi connectivity index (χ0) is 12.0. The molecule has 0 atom stereocenters. The van der Waals surface area contributed by atoms with Crippen molar-refractivity contribution in [3.8, 4) is 0 Å². The number of nitrogens with zero attached hydrogens (tertiary/aromatic N) is 1. The minimum atomic E-state index is -0.00650. The lowest BCUT2D eigenvalue weighted by atomic mass is 10.3. The summed E-state index contributed by atoms with van der Waals surface area (Å²) in [5.41, 5.74) is 7.48. The molecule has 0 radical (unpaired) electrons. The molecular formula is C11H18N4O. The van der Waals surface area contributed by atoms with Crippen molar-refractivity contribution in [2.24, 2.45) is 0 Å². The summed E-state index contributed by atoms with van der Waals surface area (Å²) in [6, 6.07) is 1.88. The topological polar surface area (TPSA) is 80.0 Å². The third-order valence-corrected chi connectivity index (χ3v) is 2.07. The highest BCUT2D eigenvalue weighted by Crippen LogP contribution is 2.15. The maximum Gasteiger partial charge on any atom is 0.216 e. The Balaban J connectivity index is 2.29. The molecule has 0 bridgehead atoms. The summed E-state index contributed by atoms with van der Waals surface area (Å²) in [5, 5.41) is 5.85. The van der Waals surface area contributed by atoms with E-state index in [9.17, 15) is 4.79 Å². The summed E-state index contributed by atoms with van der Waals surface area (Å²) < 4.78 is 0. The minimum Gasteiger partial charge on any atom is -0.396 e. The Kier molecular flexibility index (Phi) is 4.57. The van der Waals surface area contributed by atoms with Crippen molar-refractivity contribution in [2.75, 3.05) is 24.1 Å². The van der Waals surface area contributed by atoms with Gasteiger partial charge in [0.25, 0.3) is 0 Å². The zero-order valence-electron chi connectivity index (χ0n) is 9.71. The quantitative estimate of drug-likeness (QED) is 0.647. The second kappa shape index (κ2) is 5.95. The highest BCUT2D eigenvalue weighted by atomic mass is 16.1. The van der Waals surface area contributed by atoms with Crippen LogP contribution in [-0.2, 0) is 4.79 Å². The molecule has 0 saturated heterocycles. The van der Waals surface area contributed by atoms with Crippen LogP contribution < -0.4 is 16.4 Å². The number of hydrogen-bond donors (Lipinski definition) is 3. The summed E-state index contributed by atoms with van der Waals surface area (Å²) in [4.78, 5) is 14.8. The fraction of sp³-hybridized carbons (Fsp3) is 0.455. The SMILES string of the molecule is CC(=O)NCCCNc1ncc(C)cc1N. The lowest BCUT2D eigenvalue weighted by molar-refractivity contribution is -0.118. The molecule has 1 aromatic heterocycles. The first kappa shape index (κ1) is 12.3. The molecule has 5 nitrogen and oxygen atoms in total. The van der Waals surface area contributed by atoms with E-state index in [1.54, 1.807) is 6.20 Å². The number of rotatable bonds is 5. The Morgan fingerprint density at radius 1 is 1.50 bits per heavy atom. The predicted octanol–water partition coefficient (Wildman–Crippen LogP) is 0.910.